The second kappa shape index (κ2) is 10.3. The topological polar surface area (TPSA) is 21.7 Å². The molecule has 1 aliphatic rings. The average molecular weight is 239 g/mol. The molecular formula is C14H25NO2. The van der Waals surface area contributed by atoms with Crippen LogP contribution < -0.4 is 0 Å². The minimum atomic E-state index is 0.845. The molecule has 3 nitrogen and oxygen atoms in total. The zero-order chi connectivity index (χ0) is 13.1. The predicted molar refractivity (Wildman–Crippen MR) is 73.3 cm³/mol. The number of hydrogen-bond donors (Lipinski definition) is 0. The molecule has 3 heteroatoms. The highest BCUT2D eigenvalue weighted by molar-refractivity contribution is 5.30. The molecule has 17 heavy (non-hydrogen) atoms. The smallest absolute Gasteiger partial charge is 0.0594 e. The van der Waals surface area contributed by atoms with E-state index in [0.717, 1.165) is 32.8 Å². The molecule has 1 heterocycles. The summed E-state index contributed by atoms with van der Waals surface area (Å²) >= 11 is 0. The molecule has 0 aromatic rings. The number of ether oxygens (including phenoxy) is 2. The zero-order valence-electron chi connectivity index (χ0n) is 11.4. The molecule has 0 aromatic heterocycles. The largest absolute Gasteiger partial charge is 0.388 e. The van der Waals surface area contributed by atoms with E-state index in [1.165, 1.54) is 11.1 Å². The molecule has 1 aliphatic heterocycles. The third-order valence-corrected chi connectivity index (χ3v) is 2.56. The van der Waals surface area contributed by atoms with E-state index in [0.29, 0.717) is 0 Å². The van der Waals surface area contributed by atoms with Crippen LogP contribution in [-0.2, 0) is 9.47 Å². The number of rotatable bonds is 4. The third kappa shape index (κ3) is 7.10. The first-order valence-electron chi connectivity index (χ1n) is 5.84. The molecule has 0 atom stereocenters. The lowest BCUT2D eigenvalue weighted by molar-refractivity contribution is 0.0425. The minimum Gasteiger partial charge on any atom is -0.388 e. The van der Waals surface area contributed by atoms with Gasteiger partial charge in [0.1, 0.15) is 0 Å². The van der Waals surface area contributed by atoms with Gasteiger partial charge in [0.15, 0.2) is 0 Å². The van der Waals surface area contributed by atoms with Crippen LogP contribution in [0.5, 0.6) is 0 Å². The Morgan fingerprint density at radius 3 is 2.18 bits per heavy atom. The maximum Gasteiger partial charge on any atom is 0.0594 e. The molecule has 0 saturated carbocycles. The zero-order valence-corrected chi connectivity index (χ0v) is 11.4. The van der Waals surface area contributed by atoms with Crippen LogP contribution in [0.15, 0.2) is 36.5 Å². The Labute approximate surface area is 105 Å². The molecule has 0 bridgehead atoms. The highest BCUT2D eigenvalue weighted by Crippen LogP contribution is 2.09. The number of methoxy groups -OCH3 is 1. The first-order valence-corrected chi connectivity index (χ1v) is 5.84. The van der Waals surface area contributed by atoms with Gasteiger partial charge in [-0.05, 0) is 18.1 Å². The van der Waals surface area contributed by atoms with Crippen LogP contribution >= 0.6 is 0 Å². The molecule has 0 aliphatic carbocycles. The Morgan fingerprint density at radius 1 is 1.24 bits per heavy atom. The lowest BCUT2D eigenvalue weighted by atomic mass is 10.1. The first kappa shape index (κ1) is 16.1. The monoisotopic (exact) mass is 239 g/mol. The van der Waals surface area contributed by atoms with Crippen molar-refractivity contribution in [2.45, 2.75) is 6.92 Å². The van der Waals surface area contributed by atoms with Crippen LogP contribution in [-0.4, -0.2) is 52.0 Å². The molecule has 1 fully saturated rings. The van der Waals surface area contributed by atoms with Gasteiger partial charge >= 0.3 is 0 Å². The van der Waals surface area contributed by atoms with Crippen LogP contribution in [0.2, 0.25) is 0 Å². The fraction of sp³-hybridized carbons (Fsp3) is 0.571. The van der Waals surface area contributed by atoms with E-state index in [4.69, 9.17) is 4.74 Å². The van der Waals surface area contributed by atoms with Crippen molar-refractivity contribution in [1.82, 2.24) is 4.90 Å². The van der Waals surface area contributed by atoms with Gasteiger partial charge in [-0.1, -0.05) is 25.3 Å². The van der Waals surface area contributed by atoms with E-state index in [2.05, 4.69) is 29.7 Å². The molecule has 1 rings (SSSR count). The summed E-state index contributed by atoms with van der Waals surface area (Å²) in [6, 6.07) is 0. The van der Waals surface area contributed by atoms with Gasteiger partial charge in [-0.25, -0.2) is 0 Å². The van der Waals surface area contributed by atoms with Crippen molar-refractivity contribution in [3.05, 3.63) is 36.5 Å². The van der Waals surface area contributed by atoms with Gasteiger partial charge in [-0.15, -0.1) is 0 Å². The lowest BCUT2D eigenvalue weighted by Crippen LogP contribution is -2.37. The van der Waals surface area contributed by atoms with E-state index < -0.39 is 0 Å². The van der Waals surface area contributed by atoms with Crippen LogP contribution in [0.3, 0.4) is 0 Å². The number of nitrogens with zero attached hydrogens (tertiary/aromatic N) is 1. The fourth-order valence-corrected chi connectivity index (χ4v) is 1.48. The quantitative estimate of drug-likeness (QED) is 0.702. The lowest BCUT2D eigenvalue weighted by Gasteiger charge is -2.27. The number of morpholine rings is 1. The van der Waals surface area contributed by atoms with Crippen molar-refractivity contribution in [2.24, 2.45) is 0 Å². The van der Waals surface area contributed by atoms with Gasteiger partial charge in [0.2, 0.25) is 0 Å². The Bertz CT molecular complexity index is 253. The molecule has 98 valence electrons. The predicted octanol–water partition coefficient (Wildman–Crippen LogP) is 2.27. The summed E-state index contributed by atoms with van der Waals surface area (Å²) in [5, 5.41) is 0. The van der Waals surface area contributed by atoms with Crippen LogP contribution in [0, 0.1) is 0 Å². The molecule has 0 aromatic carbocycles. The number of allylic oxidation sites excluding steroid dienone is 2. The van der Waals surface area contributed by atoms with Gasteiger partial charge in [0.05, 0.1) is 13.2 Å². The van der Waals surface area contributed by atoms with Crippen LogP contribution in [0.1, 0.15) is 6.92 Å². The number of hydrogen-bond acceptors (Lipinski definition) is 3. The van der Waals surface area contributed by atoms with Crippen molar-refractivity contribution >= 4 is 0 Å². The minimum absolute atomic E-state index is 0.845. The second-order valence-corrected chi connectivity index (χ2v) is 3.91. The maximum atomic E-state index is 5.30. The SMILES string of the molecule is C=C/C(C)=C(\C=C)CN1CCOCC1.COC. The highest BCUT2D eigenvalue weighted by Gasteiger charge is 2.11. The Balaban J connectivity index is 0.000000770. The van der Waals surface area contributed by atoms with E-state index in [9.17, 15) is 0 Å². The summed E-state index contributed by atoms with van der Waals surface area (Å²) in [6.45, 7) is 14.4. The van der Waals surface area contributed by atoms with E-state index in [1.807, 2.05) is 12.2 Å². The average Bonchev–Trinajstić information content (AvgIpc) is 2.37. The first-order chi connectivity index (χ1) is 8.19. The summed E-state index contributed by atoms with van der Waals surface area (Å²) in [5.74, 6) is 0. The van der Waals surface area contributed by atoms with Gasteiger partial charge < -0.3 is 9.47 Å². The molecule has 0 radical (unpaired) electrons. The standard InChI is InChI=1S/C12H19NO.C2H6O/c1-4-11(3)12(5-2)10-13-6-8-14-9-7-13;1-3-2/h4-5H,1-2,6-10H2,3H3;1-2H3/b12-11+;. The molecular weight excluding hydrogens is 214 g/mol. The van der Waals surface area contributed by atoms with Crippen molar-refractivity contribution in [2.75, 3.05) is 47.1 Å². The van der Waals surface area contributed by atoms with Crippen molar-refractivity contribution in [3.8, 4) is 0 Å². The van der Waals surface area contributed by atoms with Gasteiger partial charge in [-0.3, -0.25) is 4.90 Å². The van der Waals surface area contributed by atoms with Crippen LogP contribution in [0.4, 0.5) is 0 Å². The van der Waals surface area contributed by atoms with Gasteiger partial charge in [0.25, 0.3) is 0 Å². The normalized spacial score (nSPS) is 17.6. The van der Waals surface area contributed by atoms with E-state index in [1.54, 1.807) is 14.2 Å². The molecule has 1 saturated heterocycles. The summed E-state index contributed by atoms with van der Waals surface area (Å²) in [5.41, 5.74) is 2.48. The van der Waals surface area contributed by atoms with Crippen molar-refractivity contribution in [1.29, 1.82) is 0 Å². The fourth-order valence-electron chi connectivity index (χ4n) is 1.48. The molecule has 0 N–H and O–H groups in total. The molecule has 0 spiro atoms. The Kier molecular flexibility index (Phi) is 9.72. The summed E-state index contributed by atoms with van der Waals surface area (Å²) in [7, 11) is 3.25. The summed E-state index contributed by atoms with van der Waals surface area (Å²) in [6.07, 6.45) is 3.81. The van der Waals surface area contributed by atoms with E-state index >= 15 is 0 Å². The maximum absolute atomic E-state index is 5.30. The van der Waals surface area contributed by atoms with E-state index in [-0.39, 0.29) is 0 Å². The summed E-state index contributed by atoms with van der Waals surface area (Å²) < 4.78 is 9.55. The second-order valence-electron chi connectivity index (χ2n) is 3.91. The third-order valence-electron chi connectivity index (χ3n) is 2.56. The molecule has 0 amide bonds. The van der Waals surface area contributed by atoms with Crippen LogP contribution in [0.25, 0.3) is 0 Å². The van der Waals surface area contributed by atoms with Gasteiger partial charge in [0, 0.05) is 33.9 Å². The highest BCUT2D eigenvalue weighted by atomic mass is 16.5. The van der Waals surface area contributed by atoms with Gasteiger partial charge in [-0.2, -0.15) is 0 Å². The molecule has 0 unspecified atom stereocenters. The summed E-state index contributed by atoms with van der Waals surface area (Å²) in [4.78, 5) is 2.38. The Hall–Kier alpha value is -0.900. The van der Waals surface area contributed by atoms with Crippen molar-refractivity contribution < 1.29 is 9.47 Å². The van der Waals surface area contributed by atoms with Crippen molar-refractivity contribution in [3.63, 3.8) is 0 Å². The Morgan fingerprint density at radius 2 is 1.76 bits per heavy atom.